The van der Waals surface area contributed by atoms with Crippen LogP contribution in [0.4, 0.5) is 0 Å². The predicted octanol–water partition coefficient (Wildman–Crippen LogP) is 3.78. The highest BCUT2D eigenvalue weighted by Crippen LogP contribution is 2.27. The van der Waals surface area contributed by atoms with E-state index in [1.807, 2.05) is 59.5 Å². The van der Waals surface area contributed by atoms with E-state index in [0.29, 0.717) is 18.8 Å². The van der Waals surface area contributed by atoms with Crippen LogP contribution in [0.1, 0.15) is 41.2 Å². The standard InChI is InChI=1S/C23H26N4O2S/c1-16(22-25-19-9-5-6-10-20(19)26-22)30-15-21(28)24-18-11-13-27(14-12-18)23(29)17-7-3-2-4-8-17/h2-10,16,18H,11-15H2,1H3,(H,24,28)(H,25,26). The maximum Gasteiger partial charge on any atom is 0.253 e. The number of nitrogens with one attached hydrogen (secondary N) is 2. The van der Waals surface area contributed by atoms with Gasteiger partial charge in [-0.3, -0.25) is 9.59 Å². The minimum absolute atomic E-state index is 0.0378. The van der Waals surface area contributed by atoms with Crippen LogP contribution in [0, 0.1) is 0 Å². The number of H-pyrrole nitrogens is 1. The van der Waals surface area contributed by atoms with E-state index in [4.69, 9.17) is 0 Å². The van der Waals surface area contributed by atoms with Crippen molar-refractivity contribution in [3.63, 3.8) is 0 Å². The number of imidazole rings is 1. The minimum atomic E-state index is 0.0378. The summed E-state index contributed by atoms with van der Waals surface area (Å²) in [5, 5.41) is 3.23. The molecule has 3 aromatic rings. The van der Waals surface area contributed by atoms with Crippen molar-refractivity contribution in [2.45, 2.75) is 31.1 Å². The number of thioether (sulfide) groups is 1. The van der Waals surface area contributed by atoms with Gasteiger partial charge in [0.15, 0.2) is 0 Å². The van der Waals surface area contributed by atoms with Crippen molar-refractivity contribution >= 4 is 34.6 Å². The number of rotatable bonds is 6. The number of likely N-dealkylation sites (tertiary alicyclic amines) is 1. The Kier molecular flexibility index (Phi) is 6.38. The van der Waals surface area contributed by atoms with Crippen molar-refractivity contribution in [3.05, 3.63) is 66.0 Å². The van der Waals surface area contributed by atoms with Gasteiger partial charge < -0.3 is 15.2 Å². The van der Waals surface area contributed by atoms with Crippen molar-refractivity contribution in [2.75, 3.05) is 18.8 Å². The largest absolute Gasteiger partial charge is 0.353 e. The quantitative estimate of drug-likeness (QED) is 0.634. The third-order valence-electron chi connectivity index (χ3n) is 5.43. The molecular formula is C23H26N4O2S. The summed E-state index contributed by atoms with van der Waals surface area (Å²) in [7, 11) is 0. The van der Waals surface area contributed by atoms with E-state index in [1.54, 1.807) is 11.8 Å². The van der Waals surface area contributed by atoms with Crippen LogP contribution in [-0.4, -0.2) is 51.6 Å². The molecular weight excluding hydrogens is 396 g/mol. The van der Waals surface area contributed by atoms with E-state index in [1.165, 1.54) is 0 Å². The number of aromatic nitrogens is 2. The third-order valence-corrected chi connectivity index (χ3v) is 6.58. The second-order valence-electron chi connectivity index (χ2n) is 7.59. The van der Waals surface area contributed by atoms with E-state index >= 15 is 0 Å². The predicted molar refractivity (Wildman–Crippen MR) is 120 cm³/mol. The monoisotopic (exact) mass is 422 g/mol. The Balaban J connectivity index is 1.21. The van der Waals surface area contributed by atoms with Crippen LogP contribution in [0.25, 0.3) is 11.0 Å². The lowest BCUT2D eigenvalue weighted by Gasteiger charge is -2.32. The molecule has 156 valence electrons. The average molecular weight is 423 g/mol. The summed E-state index contributed by atoms with van der Waals surface area (Å²) in [6.45, 7) is 3.39. The molecule has 0 saturated carbocycles. The van der Waals surface area contributed by atoms with Crippen molar-refractivity contribution in [1.82, 2.24) is 20.2 Å². The molecule has 2 N–H and O–H groups in total. The number of nitrogens with zero attached hydrogens (tertiary/aromatic N) is 2. The van der Waals surface area contributed by atoms with Gasteiger partial charge in [-0.25, -0.2) is 4.98 Å². The number of carbonyl (C=O) groups excluding carboxylic acids is 2. The normalized spacial score (nSPS) is 15.8. The molecule has 0 bridgehead atoms. The molecule has 0 radical (unpaired) electrons. The molecule has 2 aromatic carbocycles. The summed E-state index contributed by atoms with van der Waals surface area (Å²) >= 11 is 1.57. The first-order valence-electron chi connectivity index (χ1n) is 10.3. The molecule has 1 atom stereocenters. The molecule has 1 aliphatic rings. The molecule has 1 saturated heterocycles. The first-order valence-corrected chi connectivity index (χ1v) is 11.3. The minimum Gasteiger partial charge on any atom is -0.353 e. The van der Waals surface area contributed by atoms with Gasteiger partial charge in [0, 0.05) is 24.7 Å². The van der Waals surface area contributed by atoms with Crippen LogP contribution in [-0.2, 0) is 4.79 Å². The molecule has 2 amide bonds. The Hall–Kier alpha value is -2.80. The molecule has 1 aromatic heterocycles. The zero-order valence-corrected chi connectivity index (χ0v) is 17.8. The fraction of sp³-hybridized carbons (Fsp3) is 0.348. The maximum absolute atomic E-state index is 12.5. The van der Waals surface area contributed by atoms with E-state index in [-0.39, 0.29) is 23.1 Å². The summed E-state index contributed by atoms with van der Waals surface area (Å²) in [5.41, 5.74) is 2.68. The third kappa shape index (κ3) is 4.84. The number of hydrogen-bond donors (Lipinski definition) is 2. The van der Waals surface area contributed by atoms with Gasteiger partial charge in [-0.1, -0.05) is 30.3 Å². The van der Waals surface area contributed by atoms with Gasteiger partial charge in [0.2, 0.25) is 5.91 Å². The highest BCUT2D eigenvalue weighted by molar-refractivity contribution is 8.00. The molecule has 1 aliphatic heterocycles. The van der Waals surface area contributed by atoms with Crippen LogP contribution in [0.15, 0.2) is 54.6 Å². The SMILES string of the molecule is CC(SCC(=O)NC1CCN(C(=O)c2ccccc2)CC1)c1nc2ccccc2[nH]1. The summed E-state index contributed by atoms with van der Waals surface area (Å²) in [5.74, 6) is 1.38. The first kappa shape index (κ1) is 20.5. The molecule has 0 aliphatic carbocycles. The Morgan fingerprint density at radius 2 is 1.83 bits per heavy atom. The number of benzene rings is 2. The van der Waals surface area contributed by atoms with Crippen molar-refractivity contribution < 1.29 is 9.59 Å². The van der Waals surface area contributed by atoms with Gasteiger partial charge >= 0.3 is 0 Å². The topological polar surface area (TPSA) is 78.1 Å². The van der Waals surface area contributed by atoms with Crippen molar-refractivity contribution in [3.8, 4) is 0 Å². The van der Waals surface area contributed by atoms with E-state index in [0.717, 1.165) is 35.3 Å². The number of para-hydroxylation sites is 2. The van der Waals surface area contributed by atoms with Crippen molar-refractivity contribution in [1.29, 1.82) is 0 Å². The smallest absolute Gasteiger partial charge is 0.253 e. The maximum atomic E-state index is 12.5. The lowest BCUT2D eigenvalue weighted by Crippen LogP contribution is -2.47. The van der Waals surface area contributed by atoms with Crippen molar-refractivity contribution in [2.24, 2.45) is 0 Å². The molecule has 1 unspecified atom stereocenters. The lowest BCUT2D eigenvalue weighted by molar-refractivity contribution is -0.119. The molecule has 0 spiro atoms. The average Bonchev–Trinajstić information content (AvgIpc) is 3.22. The Labute approximate surface area is 180 Å². The summed E-state index contributed by atoms with van der Waals surface area (Å²) in [6.07, 6.45) is 1.57. The van der Waals surface area contributed by atoms with Crippen LogP contribution in [0.3, 0.4) is 0 Å². The zero-order chi connectivity index (χ0) is 20.9. The fourth-order valence-electron chi connectivity index (χ4n) is 3.70. The van der Waals surface area contributed by atoms with E-state index < -0.39 is 0 Å². The van der Waals surface area contributed by atoms with Crippen LogP contribution < -0.4 is 5.32 Å². The van der Waals surface area contributed by atoms with Crippen LogP contribution >= 0.6 is 11.8 Å². The van der Waals surface area contributed by atoms with Gasteiger partial charge in [-0.15, -0.1) is 11.8 Å². The molecule has 1 fully saturated rings. The molecule has 4 rings (SSSR count). The molecule has 30 heavy (non-hydrogen) atoms. The number of amides is 2. The van der Waals surface area contributed by atoms with Gasteiger partial charge in [-0.2, -0.15) is 0 Å². The summed E-state index contributed by atoms with van der Waals surface area (Å²) in [4.78, 5) is 34.8. The molecule has 7 heteroatoms. The Morgan fingerprint density at radius 3 is 2.57 bits per heavy atom. The second kappa shape index (κ2) is 9.34. The molecule has 2 heterocycles. The zero-order valence-electron chi connectivity index (χ0n) is 17.0. The summed E-state index contributed by atoms with van der Waals surface area (Å²) < 4.78 is 0. The number of hydrogen-bond acceptors (Lipinski definition) is 4. The first-order chi connectivity index (χ1) is 14.6. The van der Waals surface area contributed by atoms with Gasteiger partial charge in [-0.05, 0) is 44.0 Å². The lowest BCUT2D eigenvalue weighted by atomic mass is 10.0. The van der Waals surface area contributed by atoms with Crippen LogP contribution in [0.5, 0.6) is 0 Å². The number of piperidine rings is 1. The number of aromatic amines is 1. The highest BCUT2D eigenvalue weighted by Gasteiger charge is 2.24. The van der Waals surface area contributed by atoms with E-state index in [9.17, 15) is 9.59 Å². The molecule has 6 nitrogen and oxygen atoms in total. The second-order valence-corrected chi connectivity index (χ2v) is 8.92. The Morgan fingerprint density at radius 1 is 1.13 bits per heavy atom. The fourth-order valence-corrected chi connectivity index (χ4v) is 4.46. The Bertz CT molecular complexity index is 979. The van der Waals surface area contributed by atoms with E-state index in [2.05, 4.69) is 22.2 Å². The van der Waals surface area contributed by atoms with Gasteiger partial charge in [0.1, 0.15) is 5.82 Å². The summed E-state index contributed by atoms with van der Waals surface area (Å²) in [6, 6.07) is 17.4. The van der Waals surface area contributed by atoms with Gasteiger partial charge in [0.25, 0.3) is 5.91 Å². The van der Waals surface area contributed by atoms with Crippen LogP contribution in [0.2, 0.25) is 0 Å². The number of carbonyl (C=O) groups is 2. The van der Waals surface area contributed by atoms with Gasteiger partial charge in [0.05, 0.1) is 22.0 Å². The number of fused-ring (bicyclic) bond motifs is 1. The highest BCUT2D eigenvalue weighted by atomic mass is 32.2.